The van der Waals surface area contributed by atoms with Crippen LogP contribution < -0.4 is 5.32 Å². The van der Waals surface area contributed by atoms with E-state index in [1.807, 2.05) is 6.92 Å². The molecule has 1 N–H and O–H groups in total. The number of ether oxygens (including phenoxy) is 2. The summed E-state index contributed by atoms with van der Waals surface area (Å²) in [6, 6.07) is -0.192. The van der Waals surface area contributed by atoms with E-state index in [0.29, 0.717) is 13.2 Å². The molecule has 0 aromatic carbocycles. The van der Waals surface area contributed by atoms with Gasteiger partial charge < -0.3 is 14.8 Å². The highest BCUT2D eigenvalue weighted by Crippen LogP contribution is 2.18. The van der Waals surface area contributed by atoms with Crippen molar-refractivity contribution in [2.24, 2.45) is 0 Å². The van der Waals surface area contributed by atoms with Crippen LogP contribution in [-0.2, 0) is 9.47 Å². The van der Waals surface area contributed by atoms with Gasteiger partial charge in [0, 0.05) is 0 Å². The molecule has 1 unspecified atom stereocenters. The second-order valence-corrected chi connectivity index (χ2v) is 3.91. The molecule has 1 heterocycles. The first kappa shape index (κ1) is 14.3. The molecule has 0 saturated heterocycles. The summed E-state index contributed by atoms with van der Waals surface area (Å²) < 4.78 is 45.7. The molecule has 0 radical (unpaired) electrons. The lowest BCUT2D eigenvalue weighted by atomic mass is 10.0. The van der Waals surface area contributed by atoms with Gasteiger partial charge in [-0.05, 0) is 25.0 Å². The molecule has 0 fully saturated rings. The average molecular weight is 253 g/mol. The van der Waals surface area contributed by atoms with Crippen LogP contribution in [0.25, 0.3) is 0 Å². The van der Waals surface area contributed by atoms with Crippen molar-refractivity contribution in [2.45, 2.75) is 32.0 Å². The summed E-state index contributed by atoms with van der Waals surface area (Å²) in [5.41, 5.74) is 0.972. The molecule has 0 saturated carbocycles. The molecule has 0 bridgehead atoms. The van der Waals surface area contributed by atoms with E-state index >= 15 is 0 Å². The molecule has 1 aliphatic heterocycles. The van der Waals surface area contributed by atoms with Gasteiger partial charge in [-0.1, -0.05) is 6.92 Å². The smallest absolute Gasteiger partial charge is 0.411 e. The SMILES string of the molecule is CCNC(COCC(F)(F)F)C1=COCCC1. The van der Waals surface area contributed by atoms with Gasteiger partial charge in [-0.3, -0.25) is 0 Å². The first-order valence-corrected chi connectivity index (χ1v) is 5.71. The third kappa shape index (κ3) is 5.93. The molecule has 0 aliphatic carbocycles. The van der Waals surface area contributed by atoms with Crippen LogP contribution >= 0.6 is 0 Å². The molecule has 0 aromatic rings. The lowest BCUT2D eigenvalue weighted by molar-refractivity contribution is -0.174. The van der Waals surface area contributed by atoms with Crippen molar-refractivity contribution in [1.29, 1.82) is 0 Å². The number of rotatable bonds is 6. The molecule has 1 atom stereocenters. The summed E-state index contributed by atoms with van der Waals surface area (Å²) in [5, 5.41) is 3.10. The highest BCUT2D eigenvalue weighted by Gasteiger charge is 2.28. The van der Waals surface area contributed by atoms with E-state index in [4.69, 9.17) is 4.74 Å². The van der Waals surface area contributed by atoms with E-state index in [1.165, 1.54) is 0 Å². The summed E-state index contributed by atoms with van der Waals surface area (Å²) in [6.45, 7) is 2.07. The standard InChI is InChI=1S/C11H18F3NO2/c1-2-15-10(7-17-8-11(12,13)14)9-4-3-5-16-6-9/h6,10,15H,2-5,7-8H2,1H3. The zero-order valence-electron chi connectivity index (χ0n) is 9.85. The molecule has 100 valence electrons. The normalized spacial score (nSPS) is 18.5. The van der Waals surface area contributed by atoms with Crippen LogP contribution in [0.15, 0.2) is 11.8 Å². The third-order valence-corrected chi connectivity index (χ3v) is 2.41. The second kappa shape index (κ2) is 6.86. The Morgan fingerprint density at radius 1 is 1.53 bits per heavy atom. The molecule has 0 aromatic heterocycles. The van der Waals surface area contributed by atoms with E-state index in [9.17, 15) is 13.2 Å². The molecule has 0 spiro atoms. The topological polar surface area (TPSA) is 30.5 Å². The maximum Gasteiger partial charge on any atom is 0.411 e. The van der Waals surface area contributed by atoms with Gasteiger partial charge in [0.2, 0.25) is 0 Å². The van der Waals surface area contributed by atoms with Crippen molar-refractivity contribution in [3.8, 4) is 0 Å². The van der Waals surface area contributed by atoms with E-state index in [0.717, 1.165) is 18.4 Å². The minimum Gasteiger partial charge on any atom is -0.501 e. The third-order valence-electron chi connectivity index (χ3n) is 2.41. The summed E-state index contributed by atoms with van der Waals surface area (Å²) in [5.74, 6) is 0. The molecule has 1 aliphatic rings. The zero-order chi connectivity index (χ0) is 12.7. The van der Waals surface area contributed by atoms with Crippen molar-refractivity contribution in [3.63, 3.8) is 0 Å². The highest BCUT2D eigenvalue weighted by atomic mass is 19.4. The van der Waals surface area contributed by atoms with Gasteiger partial charge in [0.15, 0.2) is 0 Å². The van der Waals surface area contributed by atoms with E-state index < -0.39 is 12.8 Å². The number of hydrogen-bond acceptors (Lipinski definition) is 3. The minimum absolute atomic E-state index is 0.0164. The molecule has 6 heteroatoms. The maximum absolute atomic E-state index is 11.9. The Hall–Kier alpha value is -0.750. The van der Waals surface area contributed by atoms with E-state index in [2.05, 4.69) is 10.1 Å². The summed E-state index contributed by atoms with van der Waals surface area (Å²) in [7, 11) is 0. The summed E-state index contributed by atoms with van der Waals surface area (Å²) >= 11 is 0. The fraction of sp³-hybridized carbons (Fsp3) is 0.818. The lowest BCUT2D eigenvalue weighted by Gasteiger charge is -2.24. The van der Waals surface area contributed by atoms with E-state index in [-0.39, 0.29) is 12.6 Å². The average Bonchev–Trinajstić information content (AvgIpc) is 2.27. The van der Waals surface area contributed by atoms with Crippen LogP contribution in [0, 0.1) is 0 Å². The number of alkyl halides is 3. The van der Waals surface area contributed by atoms with Crippen molar-refractivity contribution in [3.05, 3.63) is 11.8 Å². The predicted molar refractivity (Wildman–Crippen MR) is 57.6 cm³/mol. The Balaban J connectivity index is 2.40. The van der Waals surface area contributed by atoms with Crippen LogP contribution in [0.2, 0.25) is 0 Å². The molecule has 1 rings (SSSR count). The molecule has 3 nitrogen and oxygen atoms in total. The van der Waals surface area contributed by atoms with Crippen LogP contribution in [0.1, 0.15) is 19.8 Å². The minimum atomic E-state index is -4.27. The molecule has 17 heavy (non-hydrogen) atoms. The van der Waals surface area contributed by atoms with Gasteiger partial charge in [-0.2, -0.15) is 13.2 Å². The van der Waals surface area contributed by atoms with Crippen LogP contribution in [-0.4, -0.2) is 38.6 Å². The van der Waals surface area contributed by atoms with Gasteiger partial charge in [0.05, 0.1) is 25.5 Å². The zero-order valence-corrected chi connectivity index (χ0v) is 9.85. The van der Waals surface area contributed by atoms with Gasteiger partial charge in [0.1, 0.15) is 6.61 Å². The fourth-order valence-electron chi connectivity index (χ4n) is 1.68. The molecule has 0 amide bonds. The predicted octanol–water partition coefficient (Wildman–Crippen LogP) is 2.24. The van der Waals surface area contributed by atoms with E-state index in [1.54, 1.807) is 6.26 Å². The Morgan fingerprint density at radius 2 is 2.29 bits per heavy atom. The van der Waals surface area contributed by atoms with Gasteiger partial charge in [0.25, 0.3) is 0 Å². The number of nitrogens with one attached hydrogen (secondary N) is 1. The molecular formula is C11H18F3NO2. The van der Waals surface area contributed by atoms with Crippen molar-refractivity contribution < 1.29 is 22.6 Å². The van der Waals surface area contributed by atoms with Crippen molar-refractivity contribution in [2.75, 3.05) is 26.4 Å². The van der Waals surface area contributed by atoms with Crippen molar-refractivity contribution in [1.82, 2.24) is 5.32 Å². The monoisotopic (exact) mass is 253 g/mol. The summed E-state index contributed by atoms with van der Waals surface area (Å²) in [4.78, 5) is 0. The van der Waals surface area contributed by atoms with Crippen molar-refractivity contribution >= 4 is 0 Å². The Labute approximate surface area is 99.0 Å². The van der Waals surface area contributed by atoms with Crippen LogP contribution in [0.3, 0.4) is 0 Å². The quantitative estimate of drug-likeness (QED) is 0.787. The second-order valence-electron chi connectivity index (χ2n) is 3.91. The van der Waals surface area contributed by atoms with Gasteiger partial charge in [-0.15, -0.1) is 0 Å². The van der Waals surface area contributed by atoms with Crippen LogP contribution in [0.4, 0.5) is 13.2 Å². The first-order chi connectivity index (χ1) is 8.03. The van der Waals surface area contributed by atoms with Gasteiger partial charge >= 0.3 is 6.18 Å². The molecular weight excluding hydrogens is 235 g/mol. The number of hydrogen-bond donors (Lipinski definition) is 1. The fourth-order valence-corrected chi connectivity index (χ4v) is 1.68. The Kier molecular flexibility index (Phi) is 5.77. The largest absolute Gasteiger partial charge is 0.501 e. The lowest BCUT2D eigenvalue weighted by Crippen LogP contribution is -2.37. The number of halogens is 3. The van der Waals surface area contributed by atoms with Crippen LogP contribution in [0.5, 0.6) is 0 Å². The first-order valence-electron chi connectivity index (χ1n) is 5.71. The summed E-state index contributed by atoms with van der Waals surface area (Å²) in [6.07, 6.45) is -0.901. The maximum atomic E-state index is 11.9. The van der Waals surface area contributed by atoms with Gasteiger partial charge in [-0.25, -0.2) is 0 Å². The number of likely N-dealkylation sites (N-methyl/N-ethyl adjacent to an activating group) is 1. The Bertz CT molecular complexity index is 254. The Morgan fingerprint density at radius 3 is 2.82 bits per heavy atom. The highest BCUT2D eigenvalue weighted by molar-refractivity contribution is 5.10.